The summed E-state index contributed by atoms with van der Waals surface area (Å²) >= 11 is 0. The number of hydrogen-bond donors (Lipinski definition) is 0. The minimum Gasteiger partial charge on any atom is -0.496 e. The lowest BCUT2D eigenvalue weighted by Crippen LogP contribution is -2.49. The Morgan fingerprint density at radius 2 is 1.84 bits per heavy atom. The highest BCUT2D eigenvalue weighted by atomic mass is 16.5. The van der Waals surface area contributed by atoms with Crippen molar-refractivity contribution in [3.8, 4) is 5.75 Å². The molecule has 0 saturated carbocycles. The monoisotopic (exact) mass is 421 g/mol. The highest BCUT2D eigenvalue weighted by Gasteiger charge is 2.37. The predicted octanol–water partition coefficient (Wildman–Crippen LogP) is 3.10. The number of carbonyl (C=O) groups is 1. The van der Waals surface area contributed by atoms with E-state index in [2.05, 4.69) is 11.0 Å². The van der Waals surface area contributed by atoms with Crippen LogP contribution in [0.3, 0.4) is 0 Å². The summed E-state index contributed by atoms with van der Waals surface area (Å²) in [5, 5.41) is 0. The van der Waals surface area contributed by atoms with Gasteiger partial charge in [0, 0.05) is 43.4 Å². The number of pyridine rings is 1. The zero-order valence-electron chi connectivity index (χ0n) is 18.3. The van der Waals surface area contributed by atoms with Crippen LogP contribution in [0.4, 0.5) is 0 Å². The molecule has 5 rings (SSSR count). The number of amides is 1. The van der Waals surface area contributed by atoms with Crippen LogP contribution < -0.4 is 10.3 Å². The number of fused-ring (bicyclic) bond motifs is 4. The lowest BCUT2D eigenvalue weighted by Gasteiger charge is -2.43. The molecule has 31 heavy (non-hydrogen) atoms. The van der Waals surface area contributed by atoms with Gasteiger partial charge in [0.15, 0.2) is 0 Å². The number of benzene rings is 1. The summed E-state index contributed by atoms with van der Waals surface area (Å²) in [6.07, 6.45) is 4.80. The molecular formula is C25H31N3O3. The van der Waals surface area contributed by atoms with Gasteiger partial charge < -0.3 is 14.2 Å². The van der Waals surface area contributed by atoms with E-state index in [0.717, 1.165) is 37.3 Å². The third kappa shape index (κ3) is 3.89. The number of para-hydroxylation sites is 1. The van der Waals surface area contributed by atoms with E-state index >= 15 is 0 Å². The second-order valence-electron chi connectivity index (χ2n) is 9.25. The van der Waals surface area contributed by atoms with Gasteiger partial charge in [0.2, 0.25) is 0 Å². The molecule has 2 aromatic rings. The molecule has 4 heterocycles. The average Bonchev–Trinajstić information content (AvgIpc) is 2.81. The van der Waals surface area contributed by atoms with E-state index in [9.17, 15) is 9.59 Å². The molecule has 2 atom stereocenters. The zero-order chi connectivity index (χ0) is 21.4. The van der Waals surface area contributed by atoms with Gasteiger partial charge in [-0.05, 0) is 56.5 Å². The number of ether oxygens (including phenoxy) is 1. The average molecular weight is 422 g/mol. The molecule has 6 nitrogen and oxygen atoms in total. The molecule has 3 aliphatic heterocycles. The molecule has 1 aromatic carbocycles. The number of piperidine rings is 2. The summed E-state index contributed by atoms with van der Waals surface area (Å²) in [5.41, 5.74) is 2.77. The standard InChI is InChI=1S/C25H31N3O3/c1-31-23-8-4-3-7-21(23)25(30)27-14-18-13-20(17-27)22-10-9-19(24(29)28(22)15-18)16-26-11-5-2-6-12-26/h3-4,7-10,18,20H,2,5-6,11-17H2,1H3/t18-,20+/m0/s1. The van der Waals surface area contributed by atoms with Crippen LogP contribution in [0.2, 0.25) is 0 Å². The summed E-state index contributed by atoms with van der Waals surface area (Å²) in [5.74, 6) is 1.16. The molecule has 164 valence electrons. The van der Waals surface area contributed by atoms with Gasteiger partial charge in [-0.1, -0.05) is 24.6 Å². The Hall–Kier alpha value is -2.60. The Kier molecular flexibility index (Phi) is 5.57. The van der Waals surface area contributed by atoms with E-state index in [1.807, 2.05) is 39.8 Å². The fourth-order valence-corrected chi connectivity index (χ4v) is 5.63. The largest absolute Gasteiger partial charge is 0.496 e. The fraction of sp³-hybridized carbons (Fsp3) is 0.520. The normalized spacial score (nSPS) is 23.3. The smallest absolute Gasteiger partial charge is 0.257 e. The highest BCUT2D eigenvalue weighted by Crippen LogP contribution is 2.36. The van der Waals surface area contributed by atoms with Gasteiger partial charge in [0.25, 0.3) is 11.5 Å². The molecule has 2 saturated heterocycles. The third-order valence-corrected chi connectivity index (χ3v) is 7.15. The van der Waals surface area contributed by atoms with Gasteiger partial charge in [-0.3, -0.25) is 14.5 Å². The molecule has 0 aliphatic carbocycles. The van der Waals surface area contributed by atoms with Crippen LogP contribution in [-0.4, -0.2) is 53.6 Å². The van der Waals surface area contributed by atoms with E-state index in [1.54, 1.807) is 7.11 Å². The van der Waals surface area contributed by atoms with Gasteiger partial charge in [0.1, 0.15) is 5.75 Å². The fourth-order valence-electron chi connectivity index (χ4n) is 5.63. The van der Waals surface area contributed by atoms with Crippen molar-refractivity contribution in [3.05, 3.63) is 63.6 Å². The Balaban J connectivity index is 1.37. The van der Waals surface area contributed by atoms with Crippen LogP contribution in [0.5, 0.6) is 5.75 Å². The van der Waals surface area contributed by atoms with E-state index in [4.69, 9.17) is 4.74 Å². The lowest BCUT2D eigenvalue weighted by molar-refractivity contribution is 0.0591. The van der Waals surface area contributed by atoms with Crippen molar-refractivity contribution in [2.75, 3.05) is 33.3 Å². The Labute approximate surface area is 183 Å². The summed E-state index contributed by atoms with van der Waals surface area (Å²) in [6.45, 7) is 4.98. The number of carbonyl (C=O) groups excluding carboxylic acids is 1. The van der Waals surface area contributed by atoms with Crippen LogP contribution in [0.25, 0.3) is 0 Å². The molecule has 1 amide bonds. The number of nitrogens with zero attached hydrogens (tertiary/aromatic N) is 3. The van der Waals surface area contributed by atoms with Crippen molar-refractivity contribution in [2.45, 2.75) is 44.7 Å². The van der Waals surface area contributed by atoms with Gasteiger partial charge in [-0.25, -0.2) is 0 Å². The van der Waals surface area contributed by atoms with Crippen molar-refractivity contribution in [1.82, 2.24) is 14.4 Å². The molecule has 2 fully saturated rings. The van der Waals surface area contributed by atoms with Gasteiger partial charge in [-0.15, -0.1) is 0 Å². The first-order valence-electron chi connectivity index (χ1n) is 11.5. The molecule has 0 unspecified atom stereocenters. The van der Waals surface area contributed by atoms with Crippen molar-refractivity contribution in [1.29, 1.82) is 0 Å². The van der Waals surface area contributed by atoms with E-state index in [-0.39, 0.29) is 17.4 Å². The minimum absolute atomic E-state index is 0.0182. The first-order chi connectivity index (χ1) is 15.1. The van der Waals surface area contributed by atoms with Crippen LogP contribution in [0, 0.1) is 5.92 Å². The SMILES string of the molecule is COc1ccccc1C(=O)N1C[C@@H]2C[C@H](C1)c1ccc(CN3CCCCC3)c(=O)n1C2. The molecule has 0 spiro atoms. The van der Waals surface area contributed by atoms with Gasteiger partial charge in [0.05, 0.1) is 12.7 Å². The van der Waals surface area contributed by atoms with Gasteiger partial charge >= 0.3 is 0 Å². The zero-order valence-corrected chi connectivity index (χ0v) is 18.3. The Morgan fingerprint density at radius 3 is 2.65 bits per heavy atom. The lowest BCUT2D eigenvalue weighted by atomic mass is 9.82. The maximum Gasteiger partial charge on any atom is 0.257 e. The van der Waals surface area contributed by atoms with Crippen molar-refractivity contribution >= 4 is 5.91 Å². The first-order valence-corrected chi connectivity index (χ1v) is 11.5. The molecule has 2 bridgehead atoms. The van der Waals surface area contributed by atoms with E-state index < -0.39 is 0 Å². The van der Waals surface area contributed by atoms with Crippen LogP contribution >= 0.6 is 0 Å². The summed E-state index contributed by atoms with van der Waals surface area (Å²) in [6, 6.07) is 11.6. The van der Waals surface area contributed by atoms with Gasteiger partial charge in [-0.2, -0.15) is 0 Å². The predicted molar refractivity (Wildman–Crippen MR) is 120 cm³/mol. The van der Waals surface area contributed by atoms with Crippen LogP contribution in [0.15, 0.2) is 41.2 Å². The molecule has 6 heteroatoms. The number of methoxy groups -OCH3 is 1. The molecular weight excluding hydrogens is 390 g/mol. The molecule has 0 N–H and O–H groups in total. The number of hydrogen-bond acceptors (Lipinski definition) is 4. The third-order valence-electron chi connectivity index (χ3n) is 7.15. The molecule has 1 aromatic heterocycles. The first kappa shape index (κ1) is 20.3. The van der Waals surface area contributed by atoms with Crippen LogP contribution in [0.1, 0.15) is 53.2 Å². The van der Waals surface area contributed by atoms with Crippen LogP contribution in [-0.2, 0) is 13.1 Å². The van der Waals surface area contributed by atoms with E-state index in [1.165, 1.54) is 19.3 Å². The Morgan fingerprint density at radius 1 is 1.03 bits per heavy atom. The summed E-state index contributed by atoms with van der Waals surface area (Å²) in [4.78, 5) is 30.9. The highest BCUT2D eigenvalue weighted by molar-refractivity contribution is 5.97. The van der Waals surface area contributed by atoms with Crippen molar-refractivity contribution < 1.29 is 9.53 Å². The van der Waals surface area contributed by atoms with Crippen molar-refractivity contribution in [3.63, 3.8) is 0 Å². The maximum absolute atomic E-state index is 13.3. The summed E-state index contributed by atoms with van der Waals surface area (Å²) < 4.78 is 7.40. The summed E-state index contributed by atoms with van der Waals surface area (Å²) in [7, 11) is 1.60. The quantitative estimate of drug-likeness (QED) is 0.761. The minimum atomic E-state index is 0.0182. The second-order valence-corrected chi connectivity index (χ2v) is 9.25. The molecule has 3 aliphatic rings. The molecule has 0 radical (unpaired) electrons. The second kappa shape index (κ2) is 8.50. The topological polar surface area (TPSA) is 54.8 Å². The van der Waals surface area contributed by atoms with E-state index in [0.29, 0.717) is 36.9 Å². The maximum atomic E-state index is 13.3. The number of aromatic nitrogens is 1. The Bertz CT molecular complexity index is 1020. The number of rotatable bonds is 4. The van der Waals surface area contributed by atoms with Crippen molar-refractivity contribution in [2.24, 2.45) is 5.92 Å². The number of likely N-dealkylation sites (tertiary alicyclic amines) is 2.